The van der Waals surface area contributed by atoms with E-state index in [1.54, 1.807) is 6.92 Å². The van der Waals surface area contributed by atoms with E-state index in [-0.39, 0.29) is 47.1 Å². The minimum absolute atomic E-state index is 0.0893. The van der Waals surface area contributed by atoms with Crippen LogP contribution in [-0.2, 0) is 26.0 Å². The van der Waals surface area contributed by atoms with Gasteiger partial charge in [-0.25, -0.2) is 8.42 Å². The van der Waals surface area contributed by atoms with Gasteiger partial charge in [0, 0.05) is 37.3 Å². The Labute approximate surface area is 302 Å². The molecule has 4 atom stereocenters. The molecule has 276 valence electrons. The fraction of sp³-hybridized carbons (Fsp3) is 0.421. The van der Waals surface area contributed by atoms with Crippen molar-refractivity contribution in [1.29, 1.82) is 0 Å². The first-order valence-electron chi connectivity index (χ1n) is 17.3. The van der Waals surface area contributed by atoms with Crippen molar-refractivity contribution < 1.29 is 27.6 Å². The van der Waals surface area contributed by atoms with Crippen LogP contribution in [0.3, 0.4) is 0 Å². The molecule has 0 saturated heterocycles. The van der Waals surface area contributed by atoms with Gasteiger partial charge in [0.2, 0.25) is 21.8 Å². The summed E-state index contributed by atoms with van der Waals surface area (Å²) in [5.41, 5.74) is 2.22. The van der Waals surface area contributed by atoms with Gasteiger partial charge in [0.15, 0.2) is 0 Å². The van der Waals surface area contributed by atoms with Crippen LogP contribution in [0.2, 0.25) is 0 Å². The van der Waals surface area contributed by atoms with E-state index >= 15 is 0 Å². The van der Waals surface area contributed by atoms with Gasteiger partial charge >= 0.3 is 0 Å². The Morgan fingerprint density at radius 2 is 1.33 bits per heavy atom. The van der Waals surface area contributed by atoms with E-state index in [2.05, 4.69) is 26.6 Å². The fourth-order valence-electron chi connectivity index (χ4n) is 5.45. The summed E-state index contributed by atoms with van der Waals surface area (Å²) in [5.74, 6) is -1.74. The third-order valence-electron chi connectivity index (χ3n) is 8.54. The SMILES string of the molecule is CCNC(=O)[C@@H](NC(=O)[C@H](C)NC[C@H](Cc1ccccc1)NC(=O)c1cc(C(=O)N[C@@H](CC)c2ccccc2)cc(N(C)S(C)(=O)=O)c1)C(C)C. The molecule has 13 heteroatoms. The van der Waals surface area contributed by atoms with E-state index < -0.39 is 40.0 Å². The molecule has 0 aliphatic carbocycles. The lowest BCUT2D eigenvalue weighted by atomic mass is 10.0. The first-order valence-corrected chi connectivity index (χ1v) is 19.1. The van der Waals surface area contributed by atoms with Crippen LogP contribution >= 0.6 is 0 Å². The molecule has 12 nitrogen and oxygen atoms in total. The predicted octanol–water partition coefficient (Wildman–Crippen LogP) is 3.56. The molecule has 0 saturated carbocycles. The van der Waals surface area contributed by atoms with Crippen molar-refractivity contribution in [2.24, 2.45) is 5.92 Å². The zero-order valence-electron chi connectivity index (χ0n) is 30.5. The topological polar surface area (TPSA) is 166 Å². The van der Waals surface area contributed by atoms with Crippen LogP contribution in [0, 0.1) is 5.92 Å². The molecule has 0 radical (unpaired) electrons. The van der Waals surface area contributed by atoms with Crippen molar-refractivity contribution in [3.8, 4) is 0 Å². The third kappa shape index (κ3) is 12.2. The van der Waals surface area contributed by atoms with E-state index in [9.17, 15) is 27.6 Å². The van der Waals surface area contributed by atoms with E-state index in [0.717, 1.165) is 21.7 Å². The highest BCUT2D eigenvalue weighted by Crippen LogP contribution is 2.23. The van der Waals surface area contributed by atoms with Crippen molar-refractivity contribution in [2.45, 2.75) is 71.6 Å². The lowest BCUT2D eigenvalue weighted by Gasteiger charge is -2.25. The average molecular weight is 721 g/mol. The molecule has 0 fully saturated rings. The Morgan fingerprint density at radius 1 is 0.765 bits per heavy atom. The summed E-state index contributed by atoms with van der Waals surface area (Å²) in [4.78, 5) is 53.2. The van der Waals surface area contributed by atoms with Gasteiger partial charge in [-0.05, 0) is 61.9 Å². The van der Waals surface area contributed by atoms with Gasteiger partial charge in [-0.15, -0.1) is 0 Å². The van der Waals surface area contributed by atoms with Crippen molar-refractivity contribution in [2.75, 3.05) is 30.7 Å². The molecule has 0 aliphatic heterocycles. The number of benzene rings is 3. The van der Waals surface area contributed by atoms with E-state index in [1.807, 2.05) is 88.4 Å². The number of carbonyl (C=O) groups excluding carboxylic acids is 4. The normalized spacial score (nSPS) is 13.7. The molecule has 0 spiro atoms. The highest BCUT2D eigenvalue weighted by atomic mass is 32.2. The molecule has 4 amide bonds. The smallest absolute Gasteiger partial charge is 0.251 e. The predicted molar refractivity (Wildman–Crippen MR) is 201 cm³/mol. The quantitative estimate of drug-likeness (QED) is 0.134. The molecular formula is C38H52N6O6S. The van der Waals surface area contributed by atoms with Crippen molar-refractivity contribution in [1.82, 2.24) is 26.6 Å². The number of rotatable bonds is 18. The van der Waals surface area contributed by atoms with Crippen molar-refractivity contribution in [3.63, 3.8) is 0 Å². The Kier molecular flexibility index (Phi) is 15.2. The number of anilines is 1. The Balaban J connectivity index is 1.88. The number of nitrogens with zero attached hydrogens (tertiary/aromatic N) is 1. The standard InChI is InChI=1S/C38H52N6O6S/c1-8-33(28-18-14-11-15-19-28)42-37(47)30-21-29(22-32(23-30)44(6)51(7,49)50)36(46)41-31(20-27-16-12-10-13-17-27)24-40-26(5)35(45)43-34(25(3)4)38(48)39-9-2/h10-19,21-23,25-26,31,33-34,40H,8-9,20,24H2,1-7H3,(H,39,48)(H,41,46)(H,42,47)(H,43,45)/t26-,31-,33-,34-/m0/s1. The molecule has 0 unspecified atom stereocenters. The molecule has 0 aromatic heterocycles. The second-order valence-corrected chi connectivity index (χ2v) is 15.0. The number of amides is 4. The van der Waals surface area contributed by atoms with Crippen molar-refractivity contribution >= 4 is 39.3 Å². The third-order valence-corrected chi connectivity index (χ3v) is 9.75. The molecule has 0 heterocycles. The molecule has 0 aliphatic rings. The summed E-state index contributed by atoms with van der Waals surface area (Å²) < 4.78 is 26.1. The summed E-state index contributed by atoms with van der Waals surface area (Å²) in [6, 6.07) is 21.1. The second kappa shape index (κ2) is 19.0. The molecular weight excluding hydrogens is 669 g/mol. The van der Waals surface area contributed by atoms with Gasteiger partial charge < -0.3 is 26.6 Å². The van der Waals surface area contributed by atoms with Crippen molar-refractivity contribution in [3.05, 3.63) is 101 Å². The van der Waals surface area contributed by atoms with Gasteiger partial charge in [-0.1, -0.05) is 81.4 Å². The van der Waals surface area contributed by atoms with Crippen LogP contribution < -0.4 is 30.9 Å². The average Bonchev–Trinajstić information content (AvgIpc) is 3.11. The number of carbonyl (C=O) groups is 4. The molecule has 3 aromatic rings. The van der Waals surface area contributed by atoms with Crippen LogP contribution in [0.1, 0.15) is 78.9 Å². The molecule has 0 bridgehead atoms. The molecule has 5 N–H and O–H groups in total. The first-order chi connectivity index (χ1) is 24.1. The summed E-state index contributed by atoms with van der Waals surface area (Å²) in [5, 5.41) is 14.8. The minimum Gasteiger partial charge on any atom is -0.355 e. The Bertz CT molecular complexity index is 1740. The number of likely N-dealkylation sites (N-methyl/N-ethyl adjacent to an activating group) is 1. The van der Waals surface area contributed by atoms with Gasteiger partial charge in [0.25, 0.3) is 11.8 Å². The lowest BCUT2D eigenvalue weighted by molar-refractivity contribution is -0.130. The lowest BCUT2D eigenvalue weighted by Crippen LogP contribution is -2.55. The molecule has 3 aromatic carbocycles. The summed E-state index contributed by atoms with van der Waals surface area (Å²) in [6.45, 7) is 9.78. The van der Waals surface area contributed by atoms with Gasteiger partial charge in [-0.2, -0.15) is 0 Å². The summed E-state index contributed by atoms with van der Waals surface area (Å²) in [6.07, 6.45) is 2.06. The van der Waals surface area contributed by atoms with Crippen LogP contribution in [0.15, 0.2) is 78.9 Å². The number of hydrogen-bond donors (Lipinski definition) is 5. The van der Waals surface area contributed by atoms with Crippen LogP contribution in [0.5, 0.6) is 0 Å². The van der Waals surface area contributed by atoms with E-state index in [4.69, 9.17) is 0 Å². The Hall–Kier alpha value is -4.75. The Morgan fingerprint density at radius 3 is 1.86 bits per heavy atom. The maximum absolute atomic E-state index is 13.9. The van der Waals surface area contributed by atoms with E-state index in [0.29, 0.717) is 19.4 Å². The van der Waals surface area contributed by atoms with Crippen LogP contribution in [0.25, 0.3) is 0 Å². The molecule has 51 heavy (non-hydrogen) atoms. The van der Waals surface area contributed by atoms with Gasteiger partial charge in [0.05, 0.1) is 24.0 Å². The van der Waals surface area contributed by atoms with Crippen LogP contribution in [-0.4, -0.2) is 76.6 Å². The number of hydrogen-bond acceptors (Lipinski definition) is 7. The maximum atomic E-state index is 13.9. The van der Waals surface area contributed by atoms with Gasteiger partial charge in [0.1, 0.15) is 6.04 Å². The number of nitrogens with one attached hydrogen (secondary N) is 5. The maximum Gasteiger partial charge on any atom is 0.251 e. The van der Waals surface area contributed by atoms with Crippen LogP contribution in [0.4, 0.5) is 5.69 Å². The first kappa shape index (κ1) is 40.7. The van der Waals surface area contributed by atoms with E-state index in [1.165, 1.54) is 25.2 Å². The second-order valence-electron chi connectivity index (χ2n) is 13.0. The summed E-state index contributed by atoms with van der Waals surface area (Å²) in [7, 11) is -2.37. The zero-order chi connectivity index (χ0) is 37.7. The minimum atomic E-state index is -3.73. The zero-order valence-corrected chi connectivity index (χ0v) is 31.3. The fourth-order valence-corrected chi connectivity index (χ4v) is 5.93. The summed E-state index contributed by atoms with van der Waals surface area (Å²) >= 11 is 0. The molecule has 3 rings (SSSR count). The highest BCUT2D eigenvalue weighted by molar-refractivity contribution is 7.92. The highest BCUT2D eigenvalue weighted by Gasteiger charge is 2.27. The largest absolute Gasteiger partial charge is 0.355 e. The number of sulfonamides is 1. The van der Waals surface area contributed by atoms with Gasteiger partial charge in [-0.3, -0.25) is 23.5 Å². The monoisotopic (exact) mass is 720 g/mol.